The first-order chi connectivity index (χ1) is 7.00. The average molecular weight is 206 g/mol. The van der Waals surface area contributed by atoms with Gasteiger partial charge in [0.15, 0.2) is 0 Å². The Kier molecular flexibility index (Phi) is 4.34. The third-order valence-electron chi connectivity index (χ3n) is 2.55. The molecule has 0 heterocycles. The highest BCUT2D eigenvalue weighted by molar-refractivity contribution is 5.25. The molecule has 1 atom stereocenters. The van der Waals surface area contributed by atoms with Gasteiger partial charge >= 0.3 is 0 Å². The van der Waals surface area contributed by atoms with Crippen LogP contribution in [0.4, 0.5) is 0 Å². The highest BCUT2D eigenvalue weighted by atomic mass is 16.5. The van der Waals surface area contributed by atoms with Gasteiger partial charge in [-0.05, 0) is 37.8 Å². The van der Waals surface area contributed by atoms with E-state index in [0.717, 1.165) is 0 Å². The predicted octanol–water partition coefficient (Wildman–Crippen LogP) is 4.30. The van der Waals surface area contributed by atoms with Crippen molar-refractivity contribution in [1.82, 2.24) is 0 Å². The van der Waals surface area contributed by atoms with Crippen molar-refractivity contribution in [1.29, 1.82) is 0 Å². The molecular weight excluding hydrogens is 184 g/mol. The molecule has 0 aliphatic heterocycles. The number of ether oxygens (including phenoxy) is 1. The second-order valence-electron chi connectivity index (χ2n) is 4.65. The molecule has 84 valence electrons. The van der Waals surface area contributed by atoms with Crippen molar-refractivity contribution in [3.8, 4) is 0 Å². The number of benzene rings is 1. The fourth-order valence-corrected chi connectivity index (χ4v) is 1.64. The molecule has 0 radical (unpaired) electrons. The Morgan fingerprint density at radius 1 is 0.800 bits per heavy atom. The van der Waals surface area contributed by atoms with Crippen LogP contribution in [0, 0.1) is 0 Å². The van der Waals surface area contributed by atoms with Crippen molar-refractivity contribution < 1.29 is 4.74 Å². The maximum atomic E-state index is 5.74. The third-order valence-corrected chi connectivity index (χ3v) is 2.55. The zero-order valence-electron chi connectivity index (χ0n) is 10.4. The molecule has 1 nitrogen and oxygen atoms in total. The summed E-state index contributed by atoms with van der Waals surface area (Å²) in [6.45, 7) is 10.7. The van der Waals surface area contributed by atoms with Crippen LogP contribution in [0.5, 0.6) is 0 Å². The molecular formula is C14H22O. The van der Waals surface area contributed by atoms with Crippen molar-refractivity contribution in [2.75, 3.05) is 0 Å². The molecule has 0 fully saturated rings. The highest BCUT2D eigenvalue weighted by Crippen LogP contribution is 2.21. The number of hydrogen-bond acceptors (Lipinski definition) is 1. The molecule has 0 saturated carbocycles. The van der Waals surface area contributed by atoms with Crippen molar-refractivity contribution >= 4 is 0 Å². The Bertz CT molecular complexity index is 285. The van der Waals surface area contributed by atoms with Gasteiger partial charge in [-0.3, -0.25) is 0 Å². The zero-order chi connectivity index (χ0) is 11.4. The lowest BCUT2D eigenvalue weighted by Crippen LogP contribution is -2.07. The van der Waals surface area contributed by atoms with Gasteiger partial charge in [-0.2, -0.15) is 0 Å². The van der Waals surface area contributed by atoms with Crippen LogP contribution in [0.25, 0.3) is 0 Å². The van der Waals surface area contributed by atoms with Crippen LogP contribution in [0.1, 0.15) is 57.8 Å². The van der Waals surface area contributed by atoms with Gasteiger partial charge in [-0.25, -0.2) is 0 Å². The van der Waals surface area contributed by atoms with E-state index >= 15 is 0 Å². The summed E-state index contributed by atoms with van der Waals surface area (Å²) >= 11 is 0. The summed E-state index contributed by atoms with van der Waals surface area (Å²) in [5, 5.41) is 0. The van der Waals surface area contributed by atoms with Gasteiger partial charge < -0.3 is 4.74 Å². The van der Waals surface area contributed by atoms with Crippen LogP contribution in [-0.2, 0) is 4.74 Å². The maximum absolute atomic E-state index is 5.74. The zero-order valence-corrected chi connectivity index (χ0v) is 10.4. The van der Waals surface area contributed by atoms with E-state index in [9.17, 15) is 0 Å². The first-order valence-electron chi connectivity index (χ1n) is 5.76. The molecule has 1 aromatic carbocycles. The van der Waals surface area contributed by atoms with Gasteiger partial charge in [0.05, 0.1) is 12.2 Å². The maximum Gasteiger partial charge on any atom is 0.0800 e. The largest absolute Gasteiger partial charge is 0.371 e. The highest BCUT2D eigenvalue weighted by Gasteiger charge is 2.08. The lowest BCUT2D eigenvalue weighted by Gasteiger charge is -2.17. The minimum atomic E-state index is 0.186. The molecule has 1 heteroatoms. The minimum absolute atomic E-state index is 0.186. The summed E-state index contributed by atoms with van der Waals surface area (Å²) in [7, 11) is 0. The van der Waals surface area contributed by atoms with Crippen LogP contribution < -0.4 is 0 Å². The Morgan fingerprint density at radius 2 is 1.27 bits per heavy atom. The van der Waals surface area contributed by atoms with E-state index in [0.29, 0.717) is 5.92 Å². The Balaban J connectivity index is 2.71. The van der Waals surface area contributed by atoms with E-state index < -0.39 is 0 Å². The standard InChI is InChI=1S/C14H22O/c1-10(2)13-6-8-14(9-7-13)12(5)15-11(3)4/h6-12H,1-5H3. The monoisotopic (exact) mass is 206 g/mol. The second-order valence-corrected chi connectivity index (χ2v) is 4.65. The van der Waals surface area contributed by atoms with Gasteiger partial charge in [-0.1, -0.05) is 38.1 Å². The molecule has 0 spiro atoms. The first-order valence-corrected chi connectivity index (χ1v) is 5.76. The quantitative estimate of drug-likeness (QED) is 0.714. The molecule has 0 bridgehead atoms. The molecule has 0 aliphatic carbocycles. The van der Waals surface area contributed by atoms with Gasteiger partial charge in [0.25, 0.3) is 0 Å². The summed E-state index contributed by atoms with van der Waals surface area (Å²) in [5.41, 5.74) is 2.64. The van der Waals surface area contributed by atoms with Gasteiger partial charge in [0.1, 0.15) is 0 Å². The Labute approximate surface area is 93.5 Å². The molecule has 0 amide bonds. The van der Waals surface area contributed by atoms with Crippen molar-refractivity contribution in [3.05, 3.63) is 35.4 Å². The lowest BCUT2D eigenvalue weighted by atomic mass is 10.0. The molecule has 1 rings (SSSR count). The molecule has 0 aliphatic rings. The lowest BCUT2D eigenvalue weighted by molar-refractivity contribution is 0.0178. The number of hydrogen-bond donors (Lipinski definition) is 0. The normalized spacial score (nSPS) is 13.5. The third kappa shape index (κ3) is 3.67. The molecule has 0 N–H and O–H groups in total. The molecule has 15 heavy (non-hydrogen) atoms. The molecule has 1 unspecified atom stereocenters. The minimum Gasteiger partial charge on any atom is -0.371 e. The van der Waals surface area contributed by atoms with Crippen LogP contribution in [0.3, 0.4) is 0 Å². The molecule has 1 aromatic rings. The Hall–Kier alpha value is -0.820. The second kappa shape index (κ2) is 5.32. The number of rotatable bonds is 4. The summed E-state index contributed by atoms with van der Waals surface area (Å²) in [5.74, 6) is 0.598. The predicted molar refractivity (Wildman–Crippen MR) is 65.2 cm³/mol. The van der Waals surface area contributed by atoms with Crippen LogP contribution in [-0.4, -0.2) is 6.10 Å². The van der Waals surface area contributed by atoms with Crippen LogP contribution >= 0.6 is 0 Å². The van der Waals surface area contributed by atoms with Crippen molar-refractivity contribution in [3.63, 3.8) is 0 Å². The summed E-state index contributed by atoms with van der Waals surface area (Å²) < 4.78 is 5.74. The van der Waals surface area contributed by atoms with Crippen molar-refractivity contribution in [2.24, 2.45) is 0 Å². The average Bonchev–Trinajstić information content (AvgIpc) is 2.17. The van der Waals surface area contributed by atoms with Gasteiger partial charge in [0.2, 0.25) is 0 Å². The van der Waals surface area contributed by atoms with Crippen LogP contribution in [0.15, 0.2) is 24.3 Å². The fraction of sp³-hybridized carbons (Fsp3) is 0.571. The topological polar surface area (TPSA) is 9.23 Å². The first kappa shape index (κ1) is 12.3. The van der Waals surface area contributed by atoms with E-state index in [2.05, 4.69) is 58.9 Å². The summed E-state index contributed by atoms with van der Waals surface area (Å²) in [6, 6.07) is 8.73. The smallest absolute Gasteiger partial charge is 0.0800 e. The van der Waals surface area contributed by atoms with E-state index in [1.54, 1.807) is 0 Å². The summed E-state index contributed by atoms with van der Waals surface area (Å²) in [6.07, 6.45) is 0.469. The van der Waals surface area contributed by atoms with Crippen molar-refractivity contribution in [2.45, 2.75) is 52.7 Å². The Morgan fingerprint density at radius 3 is 1.67 bits per heavy atom. The van der Waals surface area contributed by atoms with Gasteiger partial charge in [0, 0.05) is 0 Å². The SMILES string of the molecule is CC(C)OC(C)c1ccc(C(C)C)cc1. The molecule has 0 aromatic heterocycles. The van der Waals surface area contributed by atoms with Crippen LogP contribution in [0.2, 0.25) is 0 Å². The molecule has 0 saturated heterocycles. The van der Waals surface area contributed by atoms with E-state index in [-0.39, 0.29) is 12.2 Å². The van der Waals surface area contributed by atoms with Gasteiger partial charge in [-0.15, -0.1) is 0 Å². The van der Waals surface area contributed by atoms with E-state index in [1.165, 1.54) is 11.1 Å². The van der Waals surface area contributed by atoms with E-state index in [4.69, 9.17) is 4.74 Å². The summed E-state index contributed by atoms with van der Waals surface area (Å²) in [4.78, 5) is 0. The van der Waals surface area contributed by atoms with E-state index in [1.807, 2.05) is 0 Å². The fourth-order valence-electron chi connectivity index (χ4n) is 1.64.